The summed E-state index contributed by atoms with van der Waals surface area (Å²) in [5.41, 5.74) is 2.42. The third kappa shape index (κ3) is 3.52. The van der Waals surface area contributed by atoms with Crippen LogP contribution in [-0.2, 0) is 22.9 Å². The second kappa shape index (κ2) is 6.64. The summed E-state index contributed by atoms with van der Waals surface area (Å²) >= 11 is 0. The van der Waals surface area contributed by atoms with Gasteiger partial charge >= 0.3 is 0 Å². The van der Waals surface area contributed by atoms with Crippen LogP contribution in [0.3, 0.4) is 0 Å². The van der Waals surface area contributed by atoms with Crippen LogP contribution in [0.4, 0.5) is 0 Å². The van der Waals surface area contributed by atoms with Crippen LogP contribution in [0.1, 0.15) is 55.5 Å². The number of H-pyrrole nitrogens is 1. The molecule has 0 saturated heterocycles. The summed E-state index contributed by atoms with van der Waals surface area (Å²) in [5, 5.41) is 6.90. The number of sulfonamides is 1. The highest BCUT2D eigenvalue weighted by molar-refractivity contribution is 7.89. The van der Waals surface area contributed by atoms with Crippen molar-refractivity contribution in [2.75, 3.05) is 0 Å². The third-order valence-electron chi connectivity index (χ3n) is 4.47. The lowest BCUT2D eigenvalue weighted by molar-refractivity contribution is 0.445. The SMILES string of the molecule is Cc1nc(C(NS(=O)(=O)c2ccc3c(c2)CCCC3)C(C)C)n[nH]1. The topological polar surface area (TPSA) is 87.7 Å². The first-order valence-electron chi connectivity index (χ1n) is 8.40. The summed E-state index contributed by atoms with van der Waals surface area (Å²) in [6.07, 6.45) is 4.28. The Kier molecular flexibility index (Phi) is 4.73. The normalized spacial score (nSPS) is 16.2. The molecule has 1 aliphatic carbocycles. The van der Waals surface area contributed by atoms with Crippen molar-refractivity contribution < 1.29 is 8.42 Å². The highest BCUT2D eigenvalue weighted by atomic mass is 32.2. The zero-order chi connectivity index (χ0) is 17.3. The average molecular weight is 348 g/mol. The van der Waals surface area contributed by atoms with Crippen LogP contribution >= 0.6 is 0 Å². The lowest BCUT2D eigenvalue weighted by atomic mass is 9.92. The molecule has 0 fully saturated rings. The van der Waals surface area contributed by atoms with Crippen LogP contribution in [0.2, 0.25) is 0 Å². The van der Waals surface area contributed by atoms with E-state index in [9.17, 15) is 8.42 Å². The molecule has 0 aliphatic heterocycles. The molecule has 0 bridgehead atoms. The average Bonchev–Trinajstić information content (AvgIpc) is 2.98. The molecule has 7 heteroatoms. The summed E-state index contributed by atoms with van der Waals surface area (Å²) in [5.74, 6) is 1.18. The molecule has 2 N–H and O–H groups in total. The minimum atomic E-state index is -3.62. The van der Waals surface area contributed by atoms with Gasteiger partial charge in [-0.25, -0.2) is 18.1 Å². The number of hydrogen-bond acceptors (Lipinski definition) is 4. The van der Waals surface area contributed by atoms with E-state index in [4.69, 9.17) is 0 Å². The lowest BCUT2D eigenvalue weighted by Gasteiger charge is -2.21. The maximum absolute atomic E-state index is 12.8. The van der Waals surface area contributed by atoms with E-state index >= 15 is 0 Å². The van der Waals surface area contributed by atoms with Crippen LogP contribution in [0.25, 0.3) is 0 Å². The number of aromatic nitrogens is 3. The molecule has 2 aromatic rings. The Bertz CT molecular complexity index is 827. The van der Waals surface area contributed by atoms with Crippen LogP contribution in [0.5, 0.6) is 0 Å². The molecule has 0 amide bonds. The molecule has 1 heterocycles. The van der Waals surface area contributed by atoms with Gasteiger partial charge in [-0.2, -0.15) is 5.10 Å². The van der Waals surface area contributed by atoms with Crippen molar-refractivity contribution in [3.05, 3.63) is 41.0 Å². The van der Waals surface area contributed by atoms with Crippen molar-refractivity contribution in [1.82, 2.24) is 19.9 Å². The second-order valence-electron chi connectivity index (χ2n) is 6.76. The van der Waals surface area contributed by atoms with Crippen LogP contribution in [0, 0.1) is 12.8 Å². The van der Waals surface area contributed by atoms with Crippen molar-refractivity contribution >= 4 is 10.0 Å². The van der Waals surface area contributed by atoms with E-state index in [-0.39, 0.29) is 5.92 Å². The summed E-state index contributed by atoms with van der Waals surface area (Å²) in [4.78, 5) is 4.61. The predicted octanol–water partition coefficient (Wildman–Crippen LogP) is 2.67. The molecule has 0 radical (unpaired) electrons. The number of hydrogen-bond donors (Lipinski definition) is 2. The minimum absolute atomic E-state index is 0.0348. The number of aryl methyl sites for hydroxylation is 3. The number of nitrogens with zero attached hydrogens (tertiary/aromatic N) is 2. The van der Waals surface area contributed by atoms with E-state index in [2.05, 4.69) is 19.9 Å². The fourth-order valence-electron chi connectivity index (χ4n) is 3.10. The molecule has 0 saturated carbocycles. The van der Waals surface area contributed by atoms with Crippen molar-refractivity contribution in [2.24, 2.45) is 5.92 Å². The second-order valence-corrected chi connectivity index (χ2v) is 8.47. The van der Waals surface area contributed by atoms with E-state index in [1.54, 1.807) is 13.0 Å². The highest BCUT2D eigenvalue weighted by Gasteiger charge is 2.27. The molecule has 1 aromatic heterocycles. The van der Waals surface area contributed by atoms with E-state index in [1.165, 1.54) is 12.0 Å². The molecule has 1 unspecified atom stereocenters. The van der Waals surface area contributed by atoms with Gasteiger partial charge < -0.3 is 0 Å². The van der Waals surface area contributed by atoms with Crippen LogP contribution in [-0.4, -0.2) is 23.6 Å². The molecule has 130 valence electrons. The molecule has 24 heavy (non-hydrogen) atoms. The standard InChI is InChI=1S/C17H24N4O2S/c1-11(2)16(17-18-12(3)19-20-17)21-24(22,23)15-9-8-13-6-4-5-7-14(13)10-15/h8-11,16,21H,4-7H2,1-3H3,(H,18,19,20). The maximum atomic E-state index is 12.8. The van der Waals surface area contributed by atoms with Gasteiger partial charge in [0.1, 0.15) is 5.82 Å². The zero-order valence-electron chi connectivity index (χ0n) is 14.3. The Labute approximate surface area is 143 Å². The van der Waals surface area contributed by atoms with Crippen LogP contribution in [0.15, 0.2) is 23.1 Å². The monoisotopic (exact) mass is 348 g/mol. The lowest BCUT2D eigenvalue weighted by Crippen LogP contribution is -2.32. The largest absolute Gasteiger partial charge is 0.263 e. The van der Waals surface area contributed by atoms with Gasteiger partial charge in [-0.3, -0.25) is 5.10 Å². The fourth-order valence-corrected chi connectivity index (χ4v) is 4.49. The third-order valence-corrected chi connectivity index (χ3v) is 5.91. The first-order valence-corrected chi connectivity index (χ1v) is 9.88. The van der Waals surface area contributed by atoms with Gasteiger partial charge in [0.05, 0.1) is 10.9 Å². The van der Waals surface area contributed by atoms with Gasteiger partial charge in [-0.15, -0.1) is 0 Å². The van der Waals surface area contributed by atoms with Crippen molar-refractivity contribution in [2.45, 2.75) is 57.4 Å². The number of fused-ring (bicyclic) bond motifs is 1. The first-order chi connectivity index (χ1) is 11.4. The van der Waals surface area contributed by atoms with Crippen LogP contribution < -0.4 is 4.72 Å². The Balaban J connectivity index is 1.89. The van der Waals surface area contributed by atoms with E-state index in [1.807, 2.05) is 26.0 Å². The van der Waals surface area contributed by atoms with Gasteiger partial charge in [-0.1, -0.05) is 19.9 Å². The number of rotatable bonds is 5. The van der Waals surface area contributed by atoms with Gasteiger partial charge in [0.15, 0.2) is 5.82 Å². The Morgan fingerprint density at radius 1 is 1.17 bits per heavy atom. The van der Waals surface area contributed by atoms with Gasteiger partial charge in [-0.05, 0) is 61.8 Å². The molecule has 6 nitrogen and oxygen atoms in total. The first kappa shape index (κ1) is 17.1. The minimum Gasteiger partial charge on any atom is -0.263 e. The van der Waals surface area contributed by atoms with Gasteiger partial charge in [0.2, 0.25) is 10.0 Å². The summed E-state index contributed by atoms with van der Waals surface area (Å²) in [6.45, 7) is 5.70. The van der Waals surface area contributed by atoms with Crippen molar-refractivity contribution in [3.63, 3.8) is 0 Å². The smallest absolute Gasteiger partial charge is 0.241 e. The van der Waals surface area contributed by atoms with E-state index in [0.29, 0.717) is 16.5 Å². The van der Waals surface area contributed by atoms with E-state index in [0.717, 1.165) is 24.8 Å². The van der Waals surface area contributed by atoms with E-state index < -0.39 is 16.1 Å². The van der Waals surface area contributed by atoms with Gasteiger partial charge in [0.25, 0.3) is 0 Å². The number of aromatic amines is 1. The Morgan fingerprint density at radius 2 is 1.88 bits per heavy atom. The number of benzene rings is 1. The van der Waals surface area contributed by atoms with Gasteiger partial charge in [0, 0.05) is 0 Å². The summed E-state index contributed by atoms with van der Waals surface area (Å²) < 4.78 is 28.4. The predicted molar refractivity (Wildman–Crippen MR) is 92.1 cm³/mol. The summed E-state index contributed by atoms with van der Waals surface area (Å²) in [7, 11) is -3.62. The fraction of sp³-hybridized carbons (Fsp3) is 0.529. The highest BCUT2D eigenvalue weighted by Crippen LogP contribution is 2.26. The molecule has 1 aromatic carbocycles. The van der Waals surface area contributed by atoms with Crippen molar-refractivity contribution in [3.8, 4) is 0 Å². The molecule has 0 spiro atoms. The molecular weight excluding hydrogens is 324 g/mol. The Hall–Kier alpha value is -1.73. The summed E-state index contributed by atoms with van der Waals surface area (Å²) in [6, 6.07) is 5.01. The quantitative estimate of drug-likeness (QED) is 0.869. The molecule has 1 atom stereocenters. The Morgan fingerprint density at radius 3 is 2.50 bits per heavy atom. The maximum Gasteiger partial charge on any atom is 0.241 e. The van der Waals surface area contributed by atoms with Crippen molar-refractivity contribution in [1.29, 1.82) is 0 Å². The molecule has 3 rings (SSSR count). The molecular formula is C17H24N4O2S. The zero-order valence-corrected chi connectivity index (χ0v) is 15.2. The molecule has 1 aliphatic rings. The number of nitrogens with one attached hydrogen (secondary N) is 2.